The van der Waals surface area contributed by atoms with Gasteiger partial charge in [-0.05, 0) is 28.1 Å². The summed E-state index contributed by atoms with van der Waals surface area (Å²) in [6.45, 7) is 1.90. The third-order valence-corrected chi connectivity index (χ3v) is 5.43. The zero-order valence-electron chi connectivity index (χ0n) is 10.3. The normalized spacial score (nSPS) is 17.4. The summed E-state index contributed by atoms with van der Waals surface area (Å²) in [5, 5.41) is 3.07. The quantitative estimate of drug-likeness (QED) is 0.887. The largest absolute Gasteiger partial charge is 0.495 e. The first-order chi connectivity index (χ1) is 8.96. The summed E-state index contributed by atoms with van der Waals surface area (Å²) in [5.41, 5.74) is 0. The minimum atomic E-state index is -3.74. The van der Waals surface area contributed by atoms with Crippen LogP contribution in [-0.2, 0) is 10.0 Å². The molecule has 0 saturated carbocycles. The van der Waals surface area contributed by atoms with E-state index in [9.17, 15) is 12.8 Å². The molecule has 0 aliphatic carbocycles. The van der Waals surface area contributed by atoms with Crippen molar-refractivity contribution >= 4 is 26.0 Å². The Morgan fingerprint density at radius 3 is 2.58 bits per heavy atom. The molecule has 1 fully saturated rings. The Morgan fingerprint density at radius 2 is 2.00 bits per heavy atom. The molecule has 1 aliphatic rings. The number of methoxy groups -OCH3 is 1. The SMILES string of the molecule is COc1cc(Br)c(F)cc1S(=O)(=O)N1CCNCC1. The van der Waals surface area contributed by atoms with Gasteiger partial charge in [0, 0.05) is 26.2 Å². The summed E-state index contributed by atoms with van der Waals surface area (Å²) in [4.78, 5) is -0.141. The van der Waals surface area contributed by atoms with E-state index in [1.165, 1.54) is 17.5 Å². The van der Waals surface area contributed by atoms with Gasteiger partial charge in [-0.1, -0.05) is 0 Å². The van der Waals surface area contributed by atoms with Crippen LogP contribution >= 0.6 is 15.9 Å². The Morgan fingerprint density at radius 1 is 1.37 bits per heavy atom. The summed E-state index contributed by atoms with van der Waals surface area (Å²) in [5.74, 6) is -0.499. The van der Waals surface area contributed by atoms with Gasteiger partial charge in [0.05, 0.1) is 11.6 Å². The average Bonchev–Trinajstić information content (AvgIpc) is 2.42. The number of nitrogens with zero attached hydrogens (tertiary/aromatic N) is 1. The highest BCUT2D eigenvalue weighted by Crippen LogP contribution is 2.31. The molecule has 0 spiro atoms. The maximum Gasteiger partial charge on any atom is 0.246 e. The number of nitrogens with one attached hydrogen (secondary N) is 1. The number of ether oxygens (including phenoxy) is 1. The first kappa shape index (κ1) is 14.7. The molecule has 1 saturated heterocycles. The highest BCUT2D eigenvalue weighted by Gasteiger charge is 2.29. The van der Waals surface area contributed by atoms with Gasteiger partial charge in [-0.3, -0.25) is 0 Å². The van der Waals surface area contributed by atoms with E-state index >= 15 is 0 Å². The molecule has 5 nitrogen and oxygen atoms in total. The van der Waals surface area contributed by atoms with E-state index in [-0.39, 0.29) is 15.1 Å². The molecule has 0 radical (unpaired) electrons. The van der Waals surface area contributed by atoms with Gasteiger partial charge < -0.3 is 10.1 Å². The fourth-order valence-corrected chi connectivity index (χ4v) is 3.81. The molecule has 0 amide bonds. The Balaban J connectivity index is 2.47. The second-order valence-corrected chi connectivity index (χ2v) is 6.83. The molecule has 0 unspecified atom stereocenters. The number of rotatable bonds is 3. The first-order valence-electron chi connectivity index (χ1n) is 5.70. The predicted octanol–water partition coefficient (Wildman–Crippen LogP) is 1.19. The summed E-state index contributed by atoms with van der Waals surface area (Å²) < 4.78 is 45.1. The number of hydrogen-bond donors (Lipinski definition) is 1. The average molecular weight is 353 g/mol. The van der Waals surface area contributed by atoms with Crippen LogP contribution in [0.25, 0.3) is 0 Å². The number of hydrogen-bond acceptors (Lipinski definition) is 4. The lowest BCUT2D eigenvalue weighted by atomic mass is 10.3. The van der Waals surface area contributed by atoms with Crippen molar-refractivity contribution in [3.05, 3.63) is 22.4 Å². The molecule has 19 heavy (non-hydrogen) atoms. The Labute approximate surface area is 119 Å². The van der Waals surface area contributed by atoms with Gasteiger partial charge in [-0.15, -0.1) is 0 Å². The molecule has 0 bridgehead atoms. The lowest BCUT2D eigenvalue weighted by Crippen LogP contribution is -2.46. The minimum Gasteiger partial charge on any atom is -0.495 e. The van der Waals surface area contributed by atoms with Crippen LogP contribution in [0.1, 0.15) is 0 Å². The summed E-state index contributed by atoms with van der Waals surface area (Å²) in [6.07, 6.45) is 0. The van der Waals surface area contributed by atoms with Crippen LogP contribution in [-0.4, -0.2) is 46.0 Å². The van der Waals surface area contributed by atoms with E-state index in [0.29, 0.717) is 26.2 Å². The molecule has 1 aromatic rings. The molecule has 2 rings (SSSR count). The maximum atomic E-state index is 13.6. The molecular weight excluding hydrogens is 339 g/mol. The van der Waals surface area contributed by atoms with Crippen LogP contribution in [0.5, 0.6) is 5.75 Å². The Hall–Kier alpha value is -0.700. The van der Waals surface area contributed by atoms with Gasteiger partial charge in [0.15, 0.2) is 0 Å². The number of halogens is 2. The monoisotopic (exact) mass is 352 g/mol. The zero-order valence-corrected chi connectivity index (χ0v) is 12.7. The van der Waals surface area contributed by atoms with E-state index in [2.05, 4.69) is 21.2 Å². The first-order valence-corrected chi connectivity index (χ1v) is 7.94. The van der Waals surface area contributed by atoms with E-state index in [1.807, 2.05) is 0 Å². The Kier molecular flexibility index (Phi) is 4.44. The third kappa shape index (κ3) is 2.91. The second kappa shape index (κ2) is 5.74. The van der Waals surface area contributed by atoms with Gasteiger partial charge >= 0.3 is 0 Å². The molecule has 1 aromatic carbocycles. The molecule has 0 aromatic heterocycles. The molecule has 0 atom stereocenters. The number of sulfonamides is 1. The van der Waals surface area contributed by atoms with Crippen LogP contribution in [0.2, 0.25) is 0 Å². The second-order valence-electron chi connectivity index (χ2n) is 4.07. The van der Waals surface area contributed by atoms with Crippen molar-refractivity contribution in [3.8, 4) is 5.75 Å². The van der Waals surface area contributed by atoms with Crippen molar-refractivity contribution in [1.82, 2.24) is 9.62 Å². The van der Waals surface area contributed by atoms with E-state index in [4.69, 9.17) is 4.74 Å². The molecule has 1 aliphatic heterocycles. The fraction of sp³-hybridized carbons (Fsp3) is 0.455. The van der Waals surface area contributed by atoms with Crippen molar-refractivity contribution in [3.63, 3.8) is 0 Å². The lowest BCUT2D eigenvalue weighted by molar-refractivity contribution is 0.354. The maximum absolute atomic E-state index is 13.6. The number of piperazine rings is 1. The van der Waals surface area contributed by atoms with Crippen molar-refractivity contribution in [2.24, 2.45) is 0 Å². The predicted molar refractivity (Wildman–Crippen MR) is 72.3 cm³/mol. The number of benzene rings is 1. The molecule has 1 N–H and O–H groups in total. The third-order valence-electron chi connectivity index (χ3n) is 2.90. The molecule has 106 valence electrons. The standard InChI is InChI=1S/C11H14BrFN2O3S/c1-18-10-6-8(12)9(13)7-11(10)19(16,17)15-4-2-14-3-5-15/h6-7,14H,2-5H2,1H3. The van der Waals surface area contributed by atoms with E-state index in [1.54, 1.807) is 0 Å². The minimum absolute atomic E-state index is 0.131. The molecule has 8 heteroatoms. The zero-order chi connectivity index (χ0) is 14.0. The van der Waals surface area contributed by atoms with Gasteiger partial charge in [0.25, 0.3) is 0 Å². The van der Waals surface area contributed by atoms with Crippen LogP contribution in [0.4, 0.5) is 4.39 Å². The lowest BCUT2D eigenvalue weighted by Gasteiger charge is -2.27. The van der Waals surface area contributed by atoms with Gasteiger partial charge in [-0.2, -0.15) is 4.31 Å². The highest BCUT2D eigenvalue weighted by molar-refractivity contribution is 9.10. The van der Waals surface area contributed by atoms with Crippen molar-refractivity contribution in [2.75, 3.05) is 33.3 Å². The summed E-state index contributed by atoms with van der Waals surface area (Å²) in [6, 6.07) is 2.31. The van der Waals surface area contributed by atoms with Crippen molar-refractivity contribution in [2.45, 2.75) is 4.90 Å². The molecule has 1 heterocycles. The van der Waals surface area contributed by atoms with Crippen LogP contribution in [0.15, 0.2) is 21.5 Å². The van der Waals surface area contributed by atoms with Gasteiger partial charge in [0.1, 0.15) is 16.5 Å². The van der Waals surface area contributed by atoms with Crippen LogP contribution in [0.3, 0.4) is 0 Å². The molecular formula is C11H14BrFN2O3S. The Bertz CT molecular complexity index is 574. The summed E-state index contributed by atoms with van der Waals surface area (Å²) in [7, 11) is -2.38. The topological polar surface area (TPSA) is 58.6 Å². The fourth-order valence-electron chi connectivity index (χ4n) is 1.90. The van der Waals surface area contributed by atoms with Gasteiger partial charge in [-0.25, -0.2) is 12.8 Å². The smallest absolute Gasteiger partial charge is 0.246 e. The van der Waals surface area contributed by atoms with Crippen molar-refractivity contribution < 1.29 is 17.5 Å². The van der Waals surface area contributed by atoms with Crippen LogP contribution in [0, 0.1) is 5.82 Å². The van der Waals surface area contributed by atoms with E-state index in [0.717, 1.165) is 6.07 Å². The highest BCUT2D eigenvalue weighted by atomic mass is 79.9. The van der Waals surface area contributed by atoms with Gasteiger partial charge in [0.2, 0.25) is 10.0 Å². The van der Waals surface area contributed by atoms with Crippen LogP contribution < -0.4 is 10.1 Å². The van der Waals surface area contributed by atoms with E-state index < -0.39 is 15.8 Å². The summed E-state index contributed by atoms with van der Waals surface area (Å²) >= 11 is 3.01. The van der Waals surface area contributed by atoms with Crippen molar-refractivity contribution in [1.29, 1.82) is 0 Å².